The quantitative estimate of drug-likeness (QED) is 0.435. The van der Waals surface area contributed by atoms with E-state index in [-0.39, 0.29) is 31.0 Å². The molecule has 0 heterocycles. The van der Waals surface area contributed by atoms with Crippen molar-refractivity contribution in [2.75, 3.05) is 20.8 Å². The van der Waals surface area contributed by atoms with Gasteiger partial charge in [0.25, 0.3) is 5.91 Å². The summed E-state index contributed by atoms with van der Waals surface area (Å²) in [4.78, 5) is 28.2. The molecule has 1 N–H and O–H groups in total. The highest BCUT2D eigenvalue weighted by Crippen LogP contribution is 2.28. The van der Waals surface area contributed by atoms with E-state index in [1.54, 1.807) is 41.3 Å². The van der Waals surface area contributed by atoms with Gasteiger partial charge in [-0.1, -0.05) is 49.0 Å². The number of carbonyl (C=O) groups is 2. The first-order chi connectivity index (χ1) is 16.8. The first-order valence-corrected chi connectivity index (χ1v) is 12.5. The number of halogens is 2. The fraction of sp³-hybridized carbons (Fsp3) is 0.462. The van der Waals surface area contributed by atoms with E-state index in [1.807, 2.05) is 6.92 Å². The number of hydrogen-bond donors (Lipinski definition) is 1. The summed E-state index contributed by atoms with van der Waals surface area (Å²) in [5, 5.41) is 3.94. The normalized spacial score (nSPS) is 14.3. The summed E-state index contributed by atoms with van der Waals surface area (Å²) in [6, 6.07) is 9.74. The summed E-state index contributed by atoms with van der Waals surface area (Å²) >= 11 is 12.3. The van der Waals surface area contributed by atoms with Crippen molar-refractivity contribution in [3.63, 3.8) is 0 Å². The predicted octanol–water partition coefficient (Wildman–Crippen LogP) is 5.26. The van der Waals surface area contributed by atoms with Crippen molar-refractivity contribution in [1.82, 2.24) is 10.2 Å². The van der Waals surface area contributed by atoms with E-state index in [0.717, 1.165) is 31.2 Å². The van der Waals surface area contributed by atoms with Crippen LogP contribution in [-0.4, -0.2) is 49.6 Å². The number of benzene rings is 2. The Morgan fingerprint density at radius 2 is 1.63 bits per heavy atom. The third-order valence-corrected chi connectivity index (χ3v) is 6.85. The zero-order chi connectivity index (χ0) is 25.4. The minimum absolute atomic E-state index is 0.152. The van der Waals surface area contributed by atoms with Gasteiger partial charge in [-0.3, -0.25) is 9.59 Å². The van der Waals surface area contributed by atoms with E-state index < -0.39 is 6.04 Å². The van der Waals surface area contributed by atoms with Gasteiger partial charge in [0.2, 0.25) is 5.91 Å². The maximum absolute atomic E-state index is 13.4. The molecule has 0 radical (unpaired) electrons. The Kier molecular flexibility index (Phi) is 9.93. The van der Waals surface area contributed by atoms with Crippen LogP contribution < -0.4 is 19.5 Å². The number of amides is 2. The molecular weight excluding hydrogens is 491 g/mol. The van der Waals surface area contributed by atoms with Gasteiger partial charge in [0.1, 0.15) is 23.3 Å². The zero-order valence-electron chi connectivity index (χ0n) is 20.3. The van der Waals surface area contributed by atoms with Crippen LogP contribution >= 0.6 is 23.2 Å². The molecule has 0 aliphatic heterocycles. The van der Waals surface area contributed by atoms with Gasteiger partial charge in [-0.2, -0.15) is 0 Å². The molecule has 3 rings (SSSR count). The summed E-state index contributed by atoms with van der Waals surface area (Å²) in [7, 11) is 3.08. The maximum atomic E-state index is 13.4. The van der Waals surface area contributed by atoms with Gasteiger partial charge in [-0.15, -0.1) is 0 Å². The number of nitrogens with one attached hydrogen (secondary N) is 1. The van der Waals surface area contributed by atoms with Crippen molar-refractivity contribution < 1.29 is 23.8 Å². The number of carbonyl (C=O) groups excluding carboxylic acids is 2. The second kappa shape index (κ2) is 12.9. The Labute approximate surface area is 216 Å². The number of rotatable bonds is 11. The van der Waals surface area contributed by atoms with Gasteiger partial charge in [-0.25, -0.2) is 0 Å². The predicted molar refractivity (Wildman–Crippen MR) is 137 cm³/mol. The average molecular weight is 523 g/mol. The number of nitrogens with zero attached hydrogens (tertiary/aromatic N) is 1. The molecule has 2 amide bonds. The lowest BCUT2D eigenvalue weighted by Gasteiger charge is -2.31. The molecule has 1 saturated carbocycles. The largest absolute Gasteiger partial charge is 0.496 e. The van der Waals surface area contributed by atoms with Gasteiger partial charge in [-0.05, 0) is 37.0 Å². The Bertz CT molecular complexity index is 1000. The van der Waals surface area contributed by atoms with Crippen LogP contribution in [0.1, 0.15) is 44.6 Å². The Hall–Kier alpha value is -2.64. The molecule has 9 heteroatoms. The van der Waals surface area contributed by atoms with Gasteiger partial charge >= 0.3 is 0 Å². The average Bonchev–Trinajstić information content (AvgIpc) is 3.37. The molecular formula is C26H32Cl2N2O5. The van der Waals surface area contributed by atoms with E-state index in [9.17, 15) is 9.59 Å². The third-order valence-electron chi connectivity index (χ3n) is 6.11. The van der Waals surface area contributed by atoms with Crippen molar-refractivity contribution in [2.45, 2.75) is 57.7 Å². The van der Waals surface area contributed by atoms with Crippen molar-refractivity contribution in [3.8, 4) is 17.2 Å². The Balaban J connectivity index is 1.80. The van der Waals surface area contributed by atoms with Crippen LogP contribution in [0.4, 0.5) is 0 Å². The lowest BCUT2D eigenvalue weighted by Crippen LogP contribution is -2.52. The van der Waals surface area contributed by atoms with Crippen LogP contribution in [0.5, 0.6) is 17.2 Å². The van der Waals surface area contributed by atoms with Gasteiger partial charge in [0, 0.05) is 30.8 Å². The van der Waals surface area contributed by atoms with Crippen LogP contribution in [0.15, 0.2) is 36.4 Å². The number of methoxy groups -OCH3 is 2. The fourth-order valence-corrected chi connectivity index (χ4v) is 4.54. The van der Waals surface area contributed by atoms with Crippen LogP contribution in [0.2, 0.25) is 10.0 Å². The molecule has 190 valence electrons. The van der Waals surface area contributed by atoms with Crippen LogP contribution in [0.3, 0.4) is 0 Å². The minimum Gasteiger partial charge on any atom is -0.496 e. The van der Waals surface area contributed by atoms with Crippen LogP contribution in [-0.2, 0) is 16.1 Å². The fourth-order valence-electron chi connectivity index (χ4n) is 4.21. The van der Waals surface area contributed by atoms with E-state index in [0.29, 0.717) is 33.7 Å². The van der Waals surface area contributed by atoms with E-state index >= 15 is 0 Å². The molecule has 1 aliphatic carbocycles. The highest BCUT2D eigenvalue weighted by atomic mass is 35.5. The Morgan fingerprint density at radius 1 is 1.00 bits per heavy atom. The zero-order valence-corrected chi connectivity index (χ0v) is 21.8. The number of hydrogen-bond acceptors (Lipinski definition) is 5. The van der Waals surface area contributed by atoms with Gasteiger partial charge < -0.3 is 24.4 Å². The van der Waals surface area contributed by atoms with Crippen LogP contribution in [0.25, 0.3) is 0 Å². The molecule has 0 spiro atoms. The van der Waals surface area contributed by atoms with Crippen LogP contribution in [0, 0.1) is 0 Å². The number of ether oxygens (including phenoxy) is 3. The topological polar surface area (TPSA) is 77.1 Å². The van der Waals surface area contributed by atoms with Crippen molar-refractivity contribution in [3.05, 3.63) is 52.0 Å². The third kappa shape index (κ3) is 7.42. The lowest BCUT2D eigenvalue weighted by molar-refractivity contribution is -0.143. The van der Waals surface area contributed by atoms with E-state index in [4.69, 9.17) is 37.4 Å². The second-order valence-corrected chi connectivity index (χ2v) is 9.34. The monoisotopic (exact) mass is 522 g/mol. The smallest absolute Gasteiger partial charge is 0.261 e. The molecule has 2 aromatic rings. The van der Waals surface area contributed by atoms with E-state index in [2.05, 4.69) is 5.32 Å². The molecule has 2 aromatic carbocycles. The molecule has 1 fully saturated rings. The standard InChI is InChI=1S/C26H32Cl2N2O5/c1-4-24(26(32)29-18-7-5-6-8-18)30(15-17-9-10-22(27)23(28)11-17)25(31)16-35-21-13-19(33-2)12-20(14-21)34-3/h9-14,18,24H,4-8,15-16H2,1-3H3,(H,29,32)/t24-/m0/s1. The first kappa shape index (κ1) is 27.0. The SMILES string of the molecule is CC[C@@H](C(=O)NC1CCCC1)N(Cc1ccc(Cl)c(Cl)c1)C(=O)COc1cc(OC)cc(OC)c1. The molecule has 1 aliphatic rings. The van der Waals surface area contributed by atoms with Gasteiger partial charge in [0.15, 0.2) is 6.61 Å². The highest BCUT2D eigenvalue weighted by Gasteiger charge is 2.31. The van der Waals surface area contributed by atoms with Crippen molar-refractivity contribution in [1.29, 1.82) is 0 Å². The Morgan fingerprint density at radius 3 is 2.20 bits per heavy atom. The summed E-state index contributed by atoms with van der Waals surface area (Å²) < 4.78 is 16.3. The first-order valence-electron chi connectivity index (χ1n) is 11.7. The van der Waals surface area contributed by atoms with Crippen molar-refractivity contribution >= 4 is 35.0 Å². The lowest BCUT2D eigenvalue weighted by atomic mass is 10.1. The molecule has 35 heavy (non-hydrogen) atoms. The molecule has 0 aromatic heterocycles. The highest BCUT2D eigenvalue weighted by molar-refractivity contribution is 6.42. The van der Waals surface area contributed by atoms with E-state index in [1.165, 1.54) is 14.2 Å². The maximum Gasteiger partial charge on any atom is 0.261 e. The summed E-state index contributed by atoms with van der Waals surface area (Å²) in [5.74, 6) is 1.03. The molecule has 0 saturated heterocycles. The summed E-state index contributed by atoms with van der Waals surface area (Å²) in [5.41, 5.74) is 0.767. The summed E-state index contributed by atoms with van der Waals surface area (Å²) in [6.45, 7) is 1.82. The molecule has 1 atom stereocenters. The molecule has 0 bridgehead atoms. The van der Waals surface area contributed by atoms with Gasteiger partial charge in [0.05, 0.1) is 24.3 Å². The van der Waals surface area contributed by atoms with Crippen molar-refractivity contribution in [2.24, 2.45) is 0 Å². The molecule has 0 unspecified atom stereocenters. The second-order valence-electron chi connectivity index (χ2n) is 8.52. The summed E-state index contributed by atoms with van der Waals surface area (Å²) in [6.07, 6.45) is 4.59. The minimum atomic E-state index is -0.652. The molecule has 7 nitrogen and oxygen atoms in total.